The number of rotatable bonds is 8. The van der Waals surface area contributed by atoms with Gasteiger partial charge in [-0.1, -0.05) is 11.6 Å². The molecule has 1 aromatic heterocycles. The highest BCUT2D eigenvalue weighted by molar-refractivity contribution is 5.76. The smallest absolute Gasteiger partial charge is 0.229 e. The molecule has 3 rings (SSSR count). The van der Waals surface area contributed by atoms with Gasteiger partial charge in [-0.15, -0.1) is 0 Å². The summed E-state index contributed by atoms with van der Waals surface area (Å²) in [5.41, 5.74) is 0. The first kappa shape index (κ1) is 17.4. The van der Waals surface area contributed by atoms with Crippen LogP contribution in [0.1, 0.15) is 76.4 Å². The maximum atomic E-state index is 12.5. The van der Waals surface area contributed by atoms with Crippen molar-refractivity contribution in [1.29, 1.82) is 0 Å². The number of carbonyl (C=O) groups is 1. The molecular formula is C18H30N4O2. The Morgan fingerprint density at radius 1 is 1.33 bits per heavy atom. The van der Waals surface area contributed by atoms with Crippen LogP contribution in [-0.2, 0) is 11.3 Å². The van der Waals surface area contributed by atoms with Crippen LogP contribution in [0.2, 0.25) is 0 Å². The summed E-state index contributed by atoms with van der Waals surface area (Å²) in [4.78, 5) is 21.3. The minimum Gasteiger partial charge on any atom is -0.339 e. The number of hydrogen-bond donors (Lipinski definition) is 0. The summed E-state index contributed by atoms with van der Waals surface area (Å²) in [5.74, 6) is 2.03. The van der Waals surface area contributed by atoms with E-state index in [0.29, 0.717) is 37.3 Å². The molecule has 1 saturated heterocycles. The summed E-state index contributed by atoms with van der Waals surface area (Å²) in [5, 5.41) is 4.06. The largest absolute Gasteiger partial charge is 0.339 e. The van der Waals surface area contributed by atoms with Crippen LogP contribution in [-0.4, -0.2) is 51.5 Å². The second kappa shape index (κ2) is 8.10. The lowest BCUT2D eigenvalue weighted by atomic mass is 9.85. The molecule has 2 heterocycles. The first-order chi connectivity index (χ1) is 11.7. The molecule has 0 spiro atoms. The van der Waals surface area contributed by atoms with Gasteiger partial charge < -0.3 is 14.3 Å². The number of hydrogen-bond acceptors (Lipinski definition) is 5. The predicted octanol–water partition coefficient (Wildman–Crippen LogP) is 2.95. The van der Waals surface area contributed by atoms with Gasteiger partial charge in [-0.25, -0.2) is 0 Å². The zero-order valence-electron chi connectivity index (χ0n) is 15.0. The fourth-order valence-electron chi connectivity index (χ4n) is 3.56. The Bertz CT molecular complexity index is 535. The number of likely N-dealkylation sites (tertiary alicyclic amines) is 1. The topological polar surface area (TPSA) is 62.5 Å². The highest BCUT2D eigenvalue weighted by Gasteiger charge is 2.26. The summed E-state index contributed by atoms with van der Waals surface area (Å²) < 4.78 is 5.35. The molecule has 1 unspecified atom stereocenters. The number of amides is 1. The van der Waals surface area contributed by atoms with Gasteiger partial charge in [0.1, 0.15) is 0 Å². The lowest BCUT2D eigenvalue weighted by molar-refractivity contribution is -0.132. The normalized spacial score (nSPS) is 20.1. The quantitative estimate of drug-likeness (QED) is 0.731. The Morgan fingerprint density at radius 2 is 2.08 bits per heavy atom. The predicted molar refractivity (Wildman–Crippen MR) is 91.5 cm³/mol. The molecule has 2 fully saturated rings. The van der Waals surface area contributed by atoms with E-state index >= 15 is 0 Å². The fraction of sp³-hybridized carbons (Fsp3) is 0.833. The van der Waals surface area contributed by atoms with E-state index in [1.807, 2.05) is 11.8 Å². The van der Waals surface area contributed by atoms with E-state index in [1.54, 1.807) is 0 Å². The Morgan fingerprint density at radius 3 is 2.71 bits per heavy atom. The van der Waals surface area contributed by atoms with E-state index in [-0.39, 0.29) is 5.91 Å². The monoisotopic (exact) mass is 334 g/mol. The van der Waals surface area contributed by atoms with E-state index in [0.717, 1.165) is 25.2 Å². The summed E-state index contributed by atoms with van der Waals surface area (Å²) in [6.45, 7) is 7.75. The molecular weight excluding hydrogens is 304 g/mol. The average molecular weight is 334 g/mol. The van der Waals surface area contributed by atoms with Crippen LogP contribution >= 0.6 is 0 Å². The first-order valence-electron chi connectivity index (χ1n) is 9.51. The van der Waals surface area contributed by atoms with Crippen LogP contribution in [0.5, 0.6) is 0 Å². The van der Waals surface area contributed by atoms with Gasteiger partial charge in [0, 0.05) is 24.9 Å². The fourth-order valence-corrected chi connectivity index (χ4v) is 3.56. The minimum absolute atomic E-state index is 0.193. The molecule has 134 valence electrons. The van der Waals surface area contributed by atoms with Crippen LogP contribution in [0.4, 0.5) is 0 Å². The van der Waals surface area contributed by atoms with Crippen molar-refractivity contribution < 1.29 is 9.32 Å². The molecule has 24 heavy (non-hydrogen) atoms. The highest BCUT2D eigenvalue weighted by Crippen LogP contribution is 2.35. The van der Waals surface area contributed by atoms with Gasteiger partial charge in [-0.2, -0.15) is 4.98 Å². The second-order valence-corrected chi connectivity index (χ2v) is 7.22. The van der Waals surface area contributed by atoms with Gasteiger partial charge in [-0.3, -0.25) is 4.79 Å². The molecule has 0 N–H and O–H groups in total. The Labute approximate surface area is 144 Å². The van der Waals surface area contributed by atoms with Gasteiger partial charge in [0.2, 0.25) is 11.8 Å². The van der Waals surface area contributed by atoms with Crippen LogP contribution < -0.4 is 0 Å². The number of aromatic nitrogens is 2. The van der Waals surface area contributed by atoms with Crippen molar-refractivity contribution in [3.8, 4) is 0 Å². The number of carbonyl (C=O) groups excluding carboxylic acids is 1. The van der Waals surface area contributed by atoms with E-state index < -0.39 is 0 Å². The Hall–Kier alpha value is -1.43. The minimum atomic E-state index is 0.193. The molecule has 6 nitrogen and oxygen atoms in total. The molecule has 1 aliphatic carbocycles. The van der Waals surface area contributed by atoms with Crippen molar-refractivity contribution in [3.05, 3.63) is 11.7 Å². The highest BCUT2D eigenvalue weighted by atomic mass is 16.5. The van der Waals surface area contributed by atoms with Crippen molar-refractivity contribution in [2.75, 3.05) is 19.6 Å². The standard InChI is InChI=1S/C18H30N4O2/c1-3-21(13-16-19-18(24-20-16)15-7-6-8-15)17(23)10-9-14(2)22-11-4-5-12-22/h14-15H,3-13H2,1-2H3. The summed E-state index contributed by atoms with van der Waals surface area (Å²) in [6.07, 6.45) is 7.64. The van der Waals surface area contributed by atoms with E-state index in [1.165, 1.54) is 32.4 Å². The van der Waals surface area contributed by atoms with Crippen molar-refractivity contribution in [2.45, 2.75) is 77.3 Å². The van der Waals surface area contributed by atoms with Gasteiger partial charge in [-0.05, 0) is 59.0 Å². The third-order valence-electron chi connectivity index (χ3n) is 5.54. The molecule has 1 saturated carbocycles. The summed E-state index contributed by atoms with van der Waals surface area (Å²) >= 11 is 0. The molecule has 2 aliphatic rings. The van der Waals surface area contributed by atoms with Gasteiger partial charge >= 0.3 is 0 Å². The molecule has 1 amide bonds. The second-order valence-electron chi connectivity index (χ2n) is 7.22. The van der Waals surface area contributed by atoms with E-state index in [9.17, 15) is 4.79 Å². The molecule has 0 radical (unpaired) electrons. The van der Waals surface area contributed by atoms with Crippen LogP contribution in [0.3, 0.4) is 0 Å². The molecule has 1 aliphatic heterocycles. The maximum Gasteiger partial charge on any atom is 0.229 e. The molecule has 0 bridgehead atoms. The SMILES string of the molecule is CCN(Cc1noc(C2CCC2)n1)C(=O)CCC(C)N1CCCC1. The van der Waals surface area contributed by atoms with Crippen molar-refractivity contribution in [3.63, 3.8) is 0 Å². The van der Waals surface area contributed by atoms with Crippen LogP contribution in [0.15, 0.2) is 4.52 Å². The molecule has 6 heteroatoms. The Kier molecular flexibility index (Phi) is 5.87. The zero-order valence-corrected chi connectivity index (χ0v) is 15.0. The summed E-state index contributed by atoms with van der Waals surface area (Å²) in [7, 11) is 0. The molecule has 0 aromatic carbocycles. The van der Waals surface area contributed by atoms with Crippen LogP contribution in [0, 0.1) is 0 Å². The third kappa shape index (κ3) is 4.15. The molecule has 1 atom stereocenters. The lowest BCUT2D eigenvalue weighted by Gasteiger charge is -2.25. The zero-order chi connectivity index (χ0) is 16.9. The van der Waals surface area contributed by atoms with Gasteiger partial charge in [0.15, 0.2) is 5.82 Å². The van der Waals surface area contributed by atoms with Crippen LogP contribution in [0.25, 0.3) is 0 Å². The van der Waals surface area contributed by atoms with Gasteiger partial charge in [0.05, 0.1) is 6.54 Å². The summed E-state index contributed by atoms with van der Waals surface area (Å²) in [6, 6.07) is 0.491. The van der Waals surface area contributed by atoms with Gasteiger partial charge in [0.25, 0.3) is 0 Å². The van der Waals surface area contributed by atoms with Crippen molar-refractivity contribution in [2.24, 2.45) is 0 Å². The lowest BCUT2D eigenvalue weighted by Crippen LogP contribution is -2.34. The van der Waals surface area contributed by atoms with Crippen molar-refractivity contribution >= 4 is 5.91 Å². The Balaban J connectivity index is 1.47. The number of nitrogens with zero attached hydrogens (tertiary/aromatic N) is 4. The maximum absolute atomic E-state index is 12.5. The van der Waals surface area contributed by atoms with Crippen molar-refractivity contribution in [1.82, 2.24) is 19.9 Å². The first-order valence-corrected chi connectivity index (χ1v) is 9.51. The molecule has 1 aromatic rings. The van der Waals surface area contributed by atoms with E-state index in [4.69, 9.17) is 4.52 Å². The third-order valence-corrected chi connectivity index (χ3v) is 5.54. The van der Waals surface area contributed by atoms with E-state index in [2.05, 4.69) is 22.0 Å². The average Bonchev–Trinajstić information content (AvgIpc) is 3.20.